The van der Waals surface area contributed by atoms with Gasteiger partial charge in [-0.3, -0.25) is 14.5 Å². The van der Waals surface area contributed by atoms with Crippen molar-refractivity contribution in [2.24, 2.45) is 0 Å². The molecule has 2 N–H and O–H groups in total. The van der Waals surface area contributed by atoms with Crippen LogP contribution in [0.15, 0.2) is 54.7 Å². The second kappa shape index (κ2) is 10.6. The molecule has 1 aliphatic carbocycles. The van der Waals surface area contributed by atoms with Crippen molar-refractivity contribution in [1.82, 2.24) is 24.9 Å². The van der Waals surface area contributed by atoms with Crippen LogP contribution >= 0.6 is 0 Å². The summed E-state index contributed by atoms with van der Waals surface area (Å²) in [6, 6.07) is 14.9. The zero-order chi connectivity index (χ0) is 29.5. The first-order valence-electron chi connectivity index (χ1n) is 14.0. The van der Waals surface area contributed by atoms with E-state index in [1.807, 2.05) is 47.0 Å². The van der Waals surface area contributed by atoms with E-state index < -0.39 is 0 Å². The van der Waals surface area contributed by atoms with Crippen molar-refractivity contribution >= 4 is 23.3 Å². The molecular weight excluding hydrogens is 516 g/mol. The summed E-state index contributed by atoms with van der Waals surface area (Å²) in [6.45, 7) is 14.0. The number of amides is 2. The van der Waals surface area contributed by atoms with Crippen molar-refractivity contribution in [3.63, 3.8) is 0 Å². The molecule has 4 aromatic rings. The van der Waals surface area contributed by atoms with Gasteiger partial charge in [0.15, 0.2) is 11.4 Å². The number of fused-ring (bicyclic) bond motifs is 2. The fourth-order valence-electron chi connectivity index (χ4n) is 5.16. The molecule has 9 nitrogen and oxygen atoms in total. The first kappa shape index (κ1) is 28.3. The normalized spacial score (nSPS) is 17.1. The number of urea groups is 1. The van der Waals surface area contributed by atoms with Gasteiger partial charge < -0.3 is 10.1 Å². The maximum Gasteiger partial charge on any atom is 0.320 e. The van der Waals surface area contributed by atoms with Gasteiger partial charge in [-0.1, -0.05) is 65.8 Å². The molecule has 0 aliphatic heterocycles. The Kier molecular flexibility index (Phi) is 7.32. The van der Waals surface area contributed by atoms with Crippen molar-refractivity contribution in [2.45, 2.75) is 84.3 Å². The number of carbonyl (C=O) groups is 2. The smallest absolute Gasteiger partial charge is 0.320 e. The Morgan fingerprint density at radius 2 is 1.66 bits per heavy atom. The van der Waals surface area contributed by atoms with Crippen LogP contribution in [0.2, 0.25) is 0 Å². The zero-order valence-electron chi connectivity index (χ0n) is 24.8. The number of carbonyl (C=O) groups excluding carboxylic acids is 2. The Labute approximate surface area is 240 Å². The average Bonchev–Trinajstić information content (AvgIpc) is 3.33. The van der Waals surface area contributed by atoms with E-state index in [1.54, 1.807) is 6.07 Å². The topological polar surface area (TPSA) is 111 Å². The highest BCUT2D eigenvalue weighted by molar-refractivity contribution is 5.94. The number of hydrogen-bond acceptors (Lipinski definition) is 6. The van der Waals surface area contributed by atoms with Crippen LogP contribution in [-0.4, -0.2) is 31.4 Å². The molecule has 0 unspecified atom stereocenters. The van der Waals surface area contributed by atoms with Gasteiger partial charge in [-0.05, 0) is 59.2 Å². The minimum Gasteiger partial charge on any atom is -0.484 e. The summed E-state index contributed by atoms with van der Waals surface area (Å²) >= 11 is 0. The molecule has 0 bridgehead atoms. The Morgan fingerprint density at radius 3 is 2.34 bits per heavy atom. The summed E-state index contributed by atoms with van der Waals surface area (Å²) in [6.07, 6.45) is 3.21. The lowest BCUT2D eigenvalue weighted by Gasteiger charge is -2.32. The fraction of sp³-hybridized carbons (Fsp3) is 0.406. The number of pyridine rings is 2. The first-order chi connectivity index (χ1) is 19.3. The number of nitrogens with zero attached hydrogens (tertiary/aromatic N) is 4. The van der Waals surface area contributed by atoms with Crippen LogP contribution in [0, 0.1) is 0 Å². The third kappa shape index (κ3) is 6.09. The van der Waals surface area contributed by atoms with Gasteiger partial charge in [-0.25, -0.2) is 9.78 Å². The lowest BCUT2D eigenvalue weighted by atomic mass is 9.85. The number of nitrogens with one attached hydrogen (secondary N) is 2. The summed E-state index contributed by atoms with van der Waals surface area (Å²) in [5.41, 5.74) is 3.72. The van der Waals surface area contributed by atoms with Gasteiger partial charge in [0.2, 0.25) is 0 Å². The number of anilines is 1. The van der Waals surface area contributed by atoms with E-state index in [0.29, 0.717) is 17.9 Å². The van der Waals surface area contributed by atoms with Gasteiger partial charge in [0.1, 0.15) is 29.2 Å². The molecule has 0 spiro atoms. The van der Waals surface area contributed by atoms with Crippen LogP contribution in [0.5, 0.6) is 5.75 Å². The average molecular weight is 555 g/mol. The van der Waals surface area contributed by atoms with Crippen molar-refractivity contribution in [3.05, 3.63) is 82.9 Å². The second-order valence-corrected chi connectivity index (χ2v) is 12.8. The molecule has 0 fully saturated rings. The summed E-state index contributed by atoms with van der Waals surface area (Å²) < 4.78 is 8.49. The summed E-state index contributed by atoms with van der Waals surface area (Å²) in [5.74, 6) is 1.81. The van der Waals surface area contributed by atoms with Gasteiger partial charge in [-0.2, -0.15) is 0 Å². The Hall–Kier alpha value is -4.27. The third-order valence-electron chi connectivity index (χ3n) is 7.36. The molecular formula is C32H38N6O3. The lowest BCUT2D eigenvalue weighted by molar-refractivity contribution is 0.101. The van der Waals surface area contributed by atoms with Crippen molar-refractivity contribution in [1.29, 1.82) is 0 Å². The van der Waals surface area contributed by atoms with E-state index in [2.05, 4.69) is 73.4 Å². The van der Waals surface area contributed by atoms with Gasteiger partial charge in [0.05, 0.1) is 12.2 Å². The molecule has 41 heavy (non-hydrogen) atoms. The molecule has 2 atom stereocenters. The van der Waals surface area contributed by atoms with Gasteiger partial charge in [0, 0.05) is 12.3 Å². The van der Waals surface area contributed by atoms with Crippen LogP contribution in [0.1, 0.15) is 106 Å². The van der Waals surface area contributed by atoms with E-state index >= 15 is 0 Å². The molecule has 5 rings (SSSR count). The molecule has 0 radical (unpaired) electrons. The van der Waals surface area contributed by atoms with E-state index in [-0.39, 0.29) is 34.8 Å². The molecule has 3 heterocycles. The van der Waals surface area contributed by atoms with Crippen molar-refractivity contribution in [2.75, 3.05) is 5.32 Å². The van der Waals surface area contributed by atoms with E-state index in [1.165, 1.54) is 6.92 Å². The van der Waals surface area contributed by atoms with E-state index in [0.717, 1.165) is 40.3 Å². The number of Topliss-reactive ketones (excluding diaryl/α,β-unsaturated/α-hetero) is 1. The molecule has 3 aromatic heterocycles. The maximum absolute atomic E-state index is 13.1. The summed E-state index contributed by atoms with van der Waals surface area (Å²) in [5, 5.41) is 14.6. The molecule has 214 valence electrons. The molecule has 1 aliphatic rings. The van der Waals surface area contributed by atoms with E-state index in [9.17, 15) is 9.59 Å². The Bertz CT molecular complexity index is 1610. The predicted molar refractivity (Wildman–Crippen MR) is 159 cm³/mol. The van der Waals surface area contributed by atoms with Crippen LogP contribution in [-0.2, 0) is 10.8 Å². The quantitative estimate of drug-likeness (QED) is 0.266. The van der Waals surface area contributed by atoms with Crippen molar-refractivity contribution < 1.29 is 14.3 Å². The lowest BCUT2D eigenvalue weighted by Crippen LogP contribution is -2.36. The van der Waals surface area contributed by atoms with Crippen LogP contribution < -0.4 is 15.4 Å². The highest BCUT2D eigenvalue weighted by Gasteiger charge is 2.30. The fourth-order valence-corrected chi connectivity index (χ4v) is 5.16. The number of hydrogen-bond donors (Lipinski definition) is 2. The van der Waals surface area contributed by atoms with Gasteiger partial charge in [0.25, 0.3) is 0 Å². The summed E-state index contributed by atoms with van der Waals surface area (Å²) in [7, 11) is 0. The Morgan fingerprint density at radius 1 is 0.927 bits per heavy atom. The monoisotopic (exact) mass is 554 g/mol. The number of ether oxygens (including phenoxy) is 1. The second-order valence-electron chi connectivity index (χ2n) is 12.8. The number of aromatic nitrogens is 4. The van der Waals surface area contributed by atoms with Crippen molar-refractivity contribution in [3.8, 4) is 5.75 Å². The van der Waals surface area contributed by atoms with Crippen LogP contribution in [0.3, 0.4) is 0 Å². The third-order valence-corrected chi connectivity index (χ3v) is 7.36. The van der Waals surface area contributed by atoms with E-state index in [4.69, 9.17) is 4.74 Å². The SMILES string of the molecule is CC(=O)c1cc(C(C)(C)C)cc(NC(=O)N[C@H]2CC[C@@H](Oc3ccc4nnc(C(C)(C)C)n4c3)c3ccccc32)n1. The van der Waals surface area contributed by atoms with Crippen LogP contribution in [0.4, 0.5) is 10.6 Å². The van der Waals surface area contributed by atoms with Gasteiger partial charge >= 0.3 is 6.03 Å². The number of ketones is 1. The molecule has 0 saturated carbocycles. The zero-order valence-corrected chi connectivity index (χ0v) is 24.8. The van der Waals surface area contributed by atoms with Crippen LogP contribution in [0.25, 0.3) is 5.65 Å². The minimum absolute atomic E-state index is 0.148. The molecule has 2 amide bonds. The number of benzene rings is 1. The standard InChI is InChI=1S/C32H38N6O3/c1-19(39)25-16-20(31(2,3)4)17-27(33-25)35-30(40)34-24-13-14-26(23-11-9-8-10-22(23)24)41-21-12-15-28-36-37-29(32(5,6)7)38(28)18-21/h8-12,15-18,24,26H,13-14H2,1-7H3,(H2,33,34,35,40)/t24-,26+/m0/s1. The first-order valence-corrected chi connectivity index (χ1v) is 14.0. The Balaban J connectivity index is 1.34. The predicted octanol–water partition coefficient (Wildman–Crippen LogP) is 6.70. The molecule has 1 aromatic carbocycles. The highest BCUT2D eigenvalue weighted by atomic mass is 16.5. The maximum atomic E-state index is 13.1. The highest BCUT2D eigenvalue weighted by Crippen LogP contribution is 2.39. The summed E-state index contributed by atoms with van der Waals surface area (Å²) in [4.78, 5) is 29.6. The largest absolute Gasteiger partial charge is 0.484 e. The number of rotatable bonds is 5. The minimum atomic E-state index is -0.370. The molecule has 9 heteroatoms. The molecule has 0 saturated heterocycles. The van der Waals surface area contributed by atoms with Gasteiger partial charge in [-0.15, -0.1) is 10.2 Å².